The monoisotopic (exact) mass is 502 g/mol. The number of halogens is 2. The molecule has 0 saturated heterocycles. The zero-order valence-corrected chi connectivity index (χ0v) is 18.5. The molecular weight excluding hydrogens is 488 g/mol. The van der Waals surface area contributed by atoms with Crippen molar-refractivity contribution >= 4 is 56.0 Å². The van der Waals surface area contributed by atoms with Crippen LogP contribution in [0.3, 0.4) is 0 Å². The van der Waals surface area contributed by atoms with Gasteiger partial charge in [-0.2, -0.15) is 0 Å². The molecule has 1 aromatic carbocycles. The van der Waals surface area contributed by atoms with E-state index in [0.29, 0.717) is 14.6 Å². The molecule has 0 fully saturated rings. The van der Waals surface area contributed by atoms with E-state index in [0.717, 1.165) is 0 Å². The zero-order valence-electron chi connectivity index (χ0n) is 14.5. The van der Waals surface area contributed by atoms with E-state index >= 15 is 0 Å². The van der Waals surface area contributed by atoms with Crippen molar-refractivity contribution in [2.45, 2.75) is 33.7 Å². The van der Waals surface area contributed by atoms with Crippen LogP contribution in [-0.2, 0) is 4.79 Å². The lowest BCUT2D eigenvalue weighted by atomic mass is 10.1. The van der Waals surface area contributed by atoms with Crippen LogP contribution >= 0.6 is 44.1 Å². The number of ether oxygens (including phenoxy) is 1. The highest BCUT2D eigenvalue weighted by molar-refractivity contribution is 9.11. The largest absolute Gasteiger partial charge is 0.425 e. The summed E-state index contributed by atoms with van der Waals surface area (Å²) in [5.41, 5.74) is 0.253. The Balaban J connectivity index is 2.79. The molecule has 0 aliphatic carbocycles. The van der Waals surface area contributed by atoms with Gasteiger partial charge < -0.3 is 4.74 Å². The molecule has 138 valence electrons. The predicted molar refractivity (Wildman–Crippen MR) is 108 cm³/mol. The van der Waals surface area contributed by atoms with E-state index in [-0.39, 0.29) is 27.7 Å². The summed E-state index contributed by atoms with van der Waals surface area (Å²) in [6, 6.07) is 4.34. The Bertz CT molecular complexity index is 1020. The highest BCUT2D eigenvalue weighted by Crippen LogP contribution is 2.34. The SMILES string of the molecule is CC(=O)Oc1c(Br)cc(Br)cc1C(=O)n1c(C)cc(=O)n(C(C)C)c1=S. The fraction of sp³-hybridized carbons (Fsp3) is 0.294. The summed E-state index contributed by atoms with van der Waals surface area (Å²) in [6.07, 6.45) is 0. The lowest BCUT2D eigenvalue weighted by Crippen LogP contribution is -2.30. The first kappa shape index (κ1) is 20.7. The molecule has 2 rings (SSSR count). The third-order valence-corrected chi connectivity index (χ3v) is 4.95. The number of carbonyl (C=O) groups excluding carboxylic acids is 2. The molecule has 0 N–H and O–H groups in total. The number of nitrogens with zero attached hydrogens (tertiary/aromatic N) is 2. The number of esters is 1. The van der Waals surface area contributed by atoms with Gasteiger partial charge in [0.25, 0.3) is 11.5 Å². The summed E-state index contributed by atoms with van der Waals surface area (Å²) in [5.74, 6) is -0.969. The molecule has 0 aliphatic heterocycles. The van der Waals surface area contributed by atoms with Crippen LogP contribution in [0.15, 0.2) is 31.9 Å². The molecule has 0 saturated carbocycles. The van der Waals surface area contributed by atoms with E-state index in [1.807, 2.05) is 0 Å². The molecule has 0 spiro atoms. The lowest BCUT2D eigenvalue weighted by Gasteiger charge is -2.18. The van der Waals surface area contributed by atoms with Gasteiger partial charge in [-0.1, -0.05) is 15.9 Å². The second kappa shape index (κ2) is 7.98. The van der Waals surface area contributed by atoms with Crippen molar-refractivity contribution in [3.63, 3.8) is 0 Å². The Kier molecular flexibility index (Phi) is 6.36. The Morgan fingerprint density at radius 1 is 1.19 bits per heavy atom. The summed E-state index contributed by atoms with van der Waals surface area (Å²) in [7, 11) is 0. The maximum Gasteiger partial charge on any atom is 0.308 e. The second-order valence-corrected chi connectivity index (χ2v) is 8.00. The van der Waals surface area contributed by atoms with Crippen molar-refractivity contribution < 1.29 is 14.3 Å². The van der Waals surface area contributed by atoms with Crippen LogP contribution in [0.25, 0.3) is 0 Å². The molecule has 6 nitrogen and oxygen atoms in total. The second-order valence-electron chi connectivity index (χ2n) is 5.87. The molecule has 9 heteroatoms. The molecule has 1 heterocycles. The standard InChI is InChI=1S/C17H16Br2N2O4S/c1-8(2)20-14(23)5-9(3)21(17(20)26)16(24)12-6-11(18)7-13(19)15(12)25-10(4)22/h5-8H,1-4H3. The third kappa shape index (κ3) is 4.05. The number of hydrogen-bond acceptors (Lipinski definition) is 5. The molecule has 0 bridgehead atoms. The topological polar surface area (TPSA) is 70.3 Å². The van der Waals surface area contributed by atoms with Gasteiger partial charge in [-0.05, 0) is 61.1 Å². The van der Waals surface area contributed by atoms with Gasteiger partial charge in [0.2, 0.25) is 0 Å². The van der Waals surface area contributed by atoms with Crippen LogP contribution in [-0.4, -0.2) is 21.0 Å². The number of aromatic nitrogens is 2. The Labute approximate surface area is 172 Å². The summed E-state index contributed by atoms with van der Waals surface area (Å²) in [6.45, 7) is 6.49. The van der Waals surface area contributed by atoms with Gasteiger partial charge in [0, 0.05) is 29.2 Å². The first-order valence-corrected chi connectivity index (χ1v) is 9.61. The predicted octanol–water partition coefficient (Wildman–Crippen LogP) is 4.41. The van der Waals surface area contributed by atoms with Crippen molar-refractivity contribution in [3.05, 3.63) is 53.5 Å². The van der Waals surface area contributed by atoms with Crippen LogP contribution in [0.1, 0.15) is 42.9 Å². The van der Waals surface area contributed by atoms with Crippen LogP contribution in [0.5, 0.6) is 5.75 Å². The van der Waals surface area contributed by atoms with Crippen molar-refractivity contribution in [2.24, 2.45) is 0 Å². The number of hydrogen-bond donors (Lipinski definition) is 0. The summed E-state index contributed by atoms with van der Waals surface area (Å²) >= 11 is 12.0. The van der Waals surface area contributed by atoms with Crippen molar-refractivity contribution in [1.82, 2.24) is 9.13 Å². The Morgan fingerprint density at radius 3 is 2.35 bits per heavy atom. The van der Waals surface area contributed by atoms with Gasteiger partial charge in [-0.25, -0.2) is 0 Å². The summed E-state index contributed by atoms with van der Waals surface area (Å²) < 4.78 is 8.97. The maximum absolute atomic E-state index is 13.2. The molecule has 0 radical (unpaired) electrons. The summed E-state index contributed by atoms with van der Waals surface area (Å²) in [4.78, 5) is 36.9. The van der Waals surface area contributed by atoms with Gasteiger partial charge in [0.05, 0.1) is 10.0 Å². The van der Waals surface area contributed by atoms with Gasteiger partial charge in [-0.3, -0.25) is 23.5 Å². The fourth-order valence-corrected chi connectivity index (χ4v) is 4.31. The Morgan fingerprint density at radius 2 is 1.81 bits per heavy atom. The molecule has 26 heavy (non-hydrogen) atoms. The normalized spacial score (nSPS) is 10.9. The highest BCUT2D eigenvalue weighted by Gasteiger charge is 2.23. The van der Waals surface area contributed by atoms with Crippen molar-refractivity contribution in [3.8, 4) is 5.75 Å². The average molecular weight is 504 g/mol. The first-order valence-electron chi connectivity index (χ1n) is 7.62. The molecule has 0 unspecified atom stereocenters. The maximum atomic E-state index is 13.2. The van der Waals surface area contributed by atoms with Gasteiger partial charge in [0.15, 0.2) is 10.5 Å². The van der Waals surface area contributed by atoms with E-state index in [9.17, 15) is 14.4 Å². The van der Waals surface area contributed by atoms with Crippen LogP contribution in [0, 0.1) is 11.7 Å². The average Bonchev–Trinajstić information content (AvgIpc) is 2.48. The fourth-order valence-electron chi connectivity index (χ4n) is 2.48. The smallest absolute Gasteiger partial charge is 0.308 e. The first-order chi connectivity index (χ1) is 12.0. The molecular formula is C17H16Br2N2O4S. The molecule has 1 aromatic heterocycles. The van der Waals surface area contributed by atoms with Gasteiger partial charge in [-0.15, -0.1) is 0 Å². The van der Waals surface area contributed by atoms with Gasteiger partial charge in [0.1, 0.15) is 0 Å². The minimum absolute atomic E-state index is 0.0832. The number of carbonyl (C=O) groups is 2. The molecule has 0 atom stereocenters. The van der Waals surface area contributed by atoms with Gasteiger partial charge >= 0.3 is 5.97 Å². The van der Waals surface area contributed by atoms with E-state index in [1.54, 1.807) is 26.8 Å². The van der Waals surface area contributed by atoms with Crippen LogP contribution < -0.4 is 10.3 Å². The summed E-state index contributed by atoms with van der Waals surface area (Å²) in [5, 5.41) is 0. The van der Waals surface area contributed by atoms with E-state index < -0.39 is 11.9 Å². The minimum atomic E-state index is -0.561. The number of rotatable bonds is 3. The highest BCUT2D eigenvalue weighted by atomic mass is 79.9. The minimum Gasteiger partial charge on any atom is -0.425 e. The van der Waals surface area contributed by atoms with E-state index in [1.165, 1.54) is 28.2 Å². The zero-order chi connectivity index (χ0) is 19.8. The molecule has 0 amide bonds. The Hall–Kier alpha value is -1.58. The number of aryl methyl sites for hydroxylation is 1. The van der Waals surface area contributed by atoms with Crippen LogP contribution in [0.4, 0.5) is 0 Å². The molecule has 2 aromatic rings. The third-order valence-electron chi connectivity index (χ3n) is 3.52. The van der Waals surface area contributed by atoms with Crippen molar-refractivity contribution in [2.75, 3.05) is 0 Å². The van der Waals surface area contributed by atoms with Crippen molar-refractivity contribution in [1.29, 1.82) is 0 Å². The van der Waals surface area contributed by atoms with E-state index in [4.69, 9.17) is 17.0 Å². The lowest BCUT2D eigenvalue weighted by molar-refractivity contribution is -0.131. The van der Waals surface area contributed by atoms with Crippen LogP contribution in [0.2, 0.25) is 0 Å². The quantitative estimate of drug-likeness (QED) is 0.352. The van der Waals surface area contributed by atoms with E-state index in [2.05, 4.69) is 31.9 Å². The molecule has 0 aliphatic rings. The number of benzene rings is 1.